The van der Waals surface area contributed by atoms with E-state index in [2.05, 4.69) is 10.3 Å². The van der Waals surface area contributed by atoms with Crippen molar-refractivity contribution < 1.29 is 13.2 Å². The first kappa shape index (κ1) is 18.6. The van der Waals surface area contributed by atoms with Gasteiger partial charge in [0.15, 0.2) is 9.84 Å². The zero-order valence-corrected chi connectivity index (χ0v) is 15.9. The quantitative estimate of drug-likeness (QED) is 0.676. The lowest BCUT2D eigenvalue weighted by atomic mass is 10.1. The molecule has 8 heteroatoms. The largest absolute Gasteiger partial charge is 0.350 e. The number of sulfone groups is 1. The van der Waals surface area contributed by atoms with Gasteiger partial charge in [0.25, 0.3) is 5.91 Å². The highest BCUT2D eigenvalue weighted by atomic mass is 35.5. The number of halogens is 1. The number of carbonyl (C=O) groups excluding carboxylic acids is 1. The van der Waals surface area contributed by atoms with Crippen molar-refractivity contribution in [3.05, 3.63) is 82.5 Å². The zero-order chi connectivity index (χ0) is 18.6. The number of thiophene rings is 1. The minimum atomic E-state index is -3.66. The fraction of sp³-hybridized carbons (Fsp3) is 0.111. The van der Waals surface area contributed by atoms with Crippen LogP contribution in [0.1, 0.15) is 21.2 Å². The number of rotatable bonds is 6. The van der Waals surface area contributed by atoms with Crippen LogP contribution in [0.2, 0.25) is 5.02 Å². The number of nitrogens with zero attached hydrogens (tertiary/aromatic N) is 1. The molecule has 2 heterocycles. The number of amides is 1. The Morgan fingerprint density at radius 3 is 2.54 bits per heavy atom. The van der Waals surface area contributed by atoms with Crippen LogP contribution in [0.15, 0.2) is 70.5 Å². The second-order valence-corrected chi connectivity index (χ2v) is 9.21. The van der Waals surface area contributed by atoms with Crippen molar-refractivity contribution in [2.24, 2.45) is 0 Å². The Kier molecular flexibility index (Phi) is 5.70. The average molecular weight is 407 g/mol. The van der Waals surface area contributed by atoms with Gasteiger partial charge in [-0.05, 0) is 41.3 Å². The number of benzene rings is 1. The summed E-state index contributed by atoms with van der Waals surface area (Å²) in [7, 11) is -3.66. The van der Waals surface area contributed by atoms with Gasteiger partial charge in [-0.2, -0.15) is 0 Å². The lowest BCUT2D eigenvalue weighted by Crippen LogP contribution is -2.31. The van der Waals surface area contributed by atoms with E-state index in [4.69, 9.17) is 11.6 Å². The fourth-order valence-corrected chi connectivity index (χ4v) is 5.43. The maximum absolute atomic E-state index is 13.0. The number of carbonyl (C=O) groups is 1. The van der Waals surface area contributed by atoms with Gasteiger partial charge in [0.1, 0.15) is 9.46 Å². The summed E-state index contributed by atoms with van der Waals surface area (Å²) in [5, 5.41) is 4.00. The molecule has 134 valence electrons. The first-order valence-corrected chi connectivity index (χ1v) is 10.5. The first-order chi connectivity index (χ1) is 12.5. The molecular weight excluding hydrogens is 392 g/mol. The van der Waals surface area contributed by atoms with E-state index in [1.807, 2.05) is 0 Å². The summed E-state index contributed by atoms with van der Waals surface area (Å²) in [5.41, 5.74) is 0.935. The topological polar surface area (TPSA) is 76.1 Å². The standard InChI is InChI=1S/C18H15ClN2O3S2/c19-15-7-5-13(6-8-15)16(26(23,24)17-4-2-10-25-17)12-21-18(22)14-3-1-9-20-11-14/h1-11,16H,12H2,(H,21,22)/t16-/m1/s1. The van der Waals surface area contributed by atoms with Gasteiger partial charge in [0.2, 0.25) is 0 Å². The maximum Gasteiger partial charge on any atom is 0.252 e. The Bertz CT molecular complexity index is 973. The van der Waals surface area contributed by atoms with Gasteiger partial charge in [-0.25, -0.2) is 8.42 Å². The molecule has 3 rings (SSSR count). The smallest absolute Gasteiger partial charge is 0.252 e. The van der Waals surface area contributed by atoms with Crippen molar-refractivity contribution in [3.8, 4) is 0 Å². The van der Waals surface area contributed by atoms with Gasteiger partial charge in [0, 0.05) is 24.0 Å². The summed E-state index contributed by atoms with van der Waals surface area (Å²) in [6.45, 7) is -0.0599. The van der Waals surface area contributed by atoms with Gasteiger partial charge < -0.3 is 5.32 Å². The molecule has 0 aliphatic heterocycles. The highest BCUT2D eigenvalue weighted by Crippen LogP contribution is 2.31. The van der Waals surface area contributed by atoms with Crippen LogP contribution in [0.4, 0.5) is 0 Å². The molecule has 5 nitrogen and oxygen atoms in total. The van der Waals surface area contributed by atoms with Gasteiger partial charge >= 0.3 is 0 Å². The molecule has 0 spiro atoms. The van der Waals surface area contributed by atoms with Crippen LogP contribution in [-0.4, -0.2) is 25.9 Å². The molecule has 1 N–H and O–H groups in total. The van der Waals surface area contributed by atoms with Crippen LogP contribution in [0, 0.1) is 0 Å². The van der Waals surface area contributed by atoms with Crippen LogP contribution < -0.4 is 5.32 Å². The molecule has 0 saturated heterocycles. The third kappa shape index (κ3) is 4.12. The normalized spacial score (nSPS) is 12.5. The number of hydrogen-bond acceptors (Lipinski definition) is 5. The van der Waals surface area contributed by atoms with Crippen LogP contribution in [-0.2, 0) is 9.84 Å². The highest BCUT2D eigenvalue weighted by molar-refractivity contribution is 7.93. The van der Waals surface area contributed by atoms with E-state index in [1.165, 1.54) is 6.20 Å². The Morgan fingerprint density at radius 1 is 1.15 bits per heavy atom. The Labute approximate surface area is 160 Å². The predicted molar refractivity (Wildman–Crippen MR) is 102 cm³/mol. The first-order valence-electron chi connectivity index (χ1n) is 7.69. The molecule has 1 atom stereocenters. The molecule has 0 fully saturated rings. The minimum Gasteiger partial charge on any atom is -0.350 e. The summed E-state index contributed by atoms with van der Waals surface area (Å²) in [6, 6.07) is 13.1. The van der Waals surface area contributed by atoms with Gasteiger partial charge in [-0.3, -0.25) is 9.78 Å². The molecule has 1 amide bonds. The van der Waals surface area contributed by atoms with E-state index in [0.717, 1.165) is 11.3 Å². The zero-order valence-electron chi connectivity index (χ0n) is 13.5. The van der Waals surface area contributed by atoms with Crippen LogP contribution in [0.25, 0.3) is 0 Å². The monoisotopic (exact) mass is 406 g/mol. The summed E-state index contributed by atoms with van der Waals surface area (Å²) < 4.78 is 26.3. The molecule has 0 unspecified atom stereocenters. The number of nitrogens with one attached hydrogen (secondary N) is 1. The minimum absolute atomic E-state index is 0.0599. The maximum atomic E-state index is 13.0. The van der Waals surface area contributed by atoms with E-state index in [0.29, 0.717) is 16.1 Å². The lowest BCUT2D eigenvalue weighted by Gasteiger charge is -2.18. The number of hydrogen-bond donors (Lipinski definition) is 1. The summed E-state index contributed by atoms with van der Waals surface area (Å²) in [5.74, 6) is -0.376. The van der Waals surface area contributed by atoms with Crippen molar-refractivity contribution in [1.82, 2.24) is 10.3 Å². The third-order valence-corrected chi connectivity index (χ3v) is 7.55. The number of pyridine rings is 1. The molecule has 0 radical (unpaired) electrons. The van der Waals surface area contributed by atoms with Crippen molar-refractivity contribution in [1.29, 1.82) is 0 Å². The van der Waals surface area contributed by atoms with Crippen LogP contribution in [0.5, 0.6) is 0 Å². The second-order valence-electron chi connectivity index (χ2n) is 5.47. The summed E-state index contributed by atoms with van der Waals surface area (Å²) >= 11 is 7.06. The molecule has 0 bridgehead atoms. The van der Waals surface area contributed by atoms with Gasteiger partial charge in [-0.15, -0.1) is 11.3 Å². The van der Waals surface area contributed by atoms with E-state index in [1.54, 1.807) is 60.1 Å². The van der Waals surface area contributed by atoms with Gasteiger partial charge in [-0.1, -0.05) is 29.8 Å². The molecule has 0 saturated carbocycles. The van der Waals surface area contributed by atoms with Crippen molar-refractivity contribution in [2.45, 2.75) is 9.46 Å². The molecule has 2 aromatic heterocycles. The fourth-order valence-electron chi connectivity index (χ4n) is 2.43. The third-order valence-electron chi connectivity index (χ3n) is 3.76. The Morgan fingerprint density at radius 2 is 1.92 bits per heavy atom. The second kappa shape index (κ2) is 7.99. The van der Waals surface area contributed by atoms with Crippen molar-refractivity contribution in [2.75, 3.05) is 6.54 Å². The average Bonchev–Trinajstić information content (AvgIpc) is 3.19. The van der Waals surface area contributed by atoms with Gasteiger partial charge in [0.05, 0.1) is 5.56 Å². The Hall–Kier alpha value is -2.22. The summed E-state index contributed by atoms with van der Waals surface area (Å²) in [4.78, 5) is 16.2. The lowest BCUT2D eigenvalue weighted by molar-refractivity contribution is 0.0953. The molecular formula is C18H15ClN2O3S2. The van der Waals surface area contributed by atoms with E-state index >= 15 is 0 Å². The van der Waals surface area contributed by atoms with E-state index in [-0.39, 0.29) is 16.7 Å². The van der Waals surface area contributed by atoms with E-state index in [9.17, 15) is 13.2 Å². The van der Waals surface area contributed by atoms with Crippen molar-refractivity contribution in [3.63, 3.8) is 0 Å². The number of aromatic nitrogens is 1. The summed E-state index contributed by atoms with van der Waals surface area (Å²) in [6.07, 6.45) is 2.99. The Balaban J connectivity index is 1.89. The predicted octanol–water partition coefficient (Wildman–Crippen LogP) is 3.74. The molecule has 0 aliphatic carbocycles. The van der Waals surface area contributed by atoms with Crippen LogP contribution >= 0.6 is 22.9 Å². The molecule has 26 heavy (non-hydrogen) atoms. The SMILES string of the molecule is O=C(NC[C@H](c1ccc(Cl)cc1)S(=O)(=O)c1cccs1)c1cccnc1. The molecule has 0 aliphatic rings. The van der Waals surface area contributed by atoms with Crippen molar-refractivity contribution >= 4 is 38.7 Å². The van der Waals surface area contributed by atoms with E-state index < -0.39 is 15.1 Å². The highest BCUT2D eigenvalue weighted by Gasteiger charge is 2.30. The molecule has 3 aromatic rings. The molecule has 1 aromatic carbocycles. The van der Waals surface area contributed by atoms with Crippen LogP contribution in [0.3, 0.4) is 0 Å².